The first-order valence-corrected chi connectivity index (χ1v) is 10.0. The van der Waals surface area contributed by atoms with E-state index in [9.17, 15) is 9.59 Å². The third-order valence-corrected chi connectivity index (χ3v) is 5.78. The summed E-state index contributed by atoms with van der Waals surface area (Å²) in [6, 6.07) is 15.3. The Morgan fingerprint density at radius 2 is 1.86 bits per heavy atom. The van der Waals surface area contributed by atoms with E-state index in [1.54, 1.807) is 41.5 Å². The highest BCUT2D eigenvalue weighted by molar-refractivity contribution is 9.10. The van der Waals surface area contributed by atoms with E-state index >= 15 is 0 Å². The molecular formula is C22H13BrClNO4. The predicted octanol–water partition coefficient (Wildman–Crippen LogP) is 5.55. The van der Waals surface area contributed by atoms with Gasteiger partial charge in [0.05, 0.1) is 29.8 Å². The molecule has 0 N–H and O–H groups in total. The number of benzene rings is 2. The van der Waals surface area contributed by atoms with Gasteiger partial charge in [-0.3, -0.25) is 9.59 Å². The van der Waals surface area contributed by atoms with Crippen molar-refractivity contribution in [1.29, 1.82) is 0 Å². The maximum absolute atomic E-state index is 13.4. The second kappa shape index (κ2) is 6.90. The van der Waals surface area contributed by atoms with Gasteiger partial charge in [0.25, 0.3) is 5.91 Å². The van der Waals surface area contributed by atoms with Crippen molar-refractivity contribution >= 4 is 44.4 Å². The van der Waals surface area contributed by atoms with E-state index in [-0.39, 0.29) is 23.6 Å². The Morgan fingerprint density at radius 1 is 1.07 bits per heavy atom. The lowest BCUT2D eigenvalue weighted by atomic mass is 9.98. The fourth-order valence-electron chi connectivity index (χ4n) is 3.72. The maximum atomic E-state index is 13.4. The molecule has 0 spiro atoms. The highest BCUT2D eigenvalue weighted by Gasteiger charge is 2.43. The Balaban J connectivity index is 1.75. The van der Waals surface area contributed by atoms with Crippen LogP contribution in [0.4, 0.5) is 0 Å². The van der Waals surface area contributed by atoms with Crippen LogP contribution in [0, 0.1) is 0 Å². The second-order valence-electron chi connectivity index (χ2n) is 6.78. The number of halogens is 2. The molecule has 5 rings (SSSR count). The SMILES string of the molecule is O=C1c2oc3ccc(Cl)cc3c(=O)c2[C@H](c2ccc(Br)cc2)N1Cc1ccco1. The van der Waals surface area contributed by atoms with Gasteiger partial charge in [-0.25, -0.2) is 0 Å². The molecule has 3 heterocycles. The first-order valence-electron chi connectivity index (χ1n) is 8.88. The first-order chi connectivity index (χ1) is 14.0. The number of rotatable bonds is 3. The number of nitrogens with zero attached hydrogens (tertiary/aromatic N) is 1. The molecule has 0 radical (unpaired) electrons. The van der Waals surface area contributed by atoms with E-state index in [0.29, 0.717) is 27.3 Å². The van der Waals surface area contributed by atoms with Crippen LogP contribution in [0.3, 0.4) is 0 Å². The molecule has 1 amide bonds. The number of hydrogen-bond acceptors (Lipinski definition) is 4. The van der Waals surface area contributed by atoms with Crippen LogP contribution in [0.25, 0.3) is 11.0 Å². The molecule has 2 aromatic heterocycles. The number of carbonyl (C=O) groups excluding carboxylic acids is 1. The van der Waals surface area contributed by atoms with Gasteiger partial charge in [0.1, 0.15) is 11.3 Å². The quantitative estimate of drug-likeness (QED) is 0.394. The van der Waals surface area contributed by atoms with Crippen molar-refractivity contribution in [3.05, 3.63) is 103 Å². The van der Waals surface area contributed by atoms with Crippen LogP contribution in [0.1, 0.15) is 33.5 Å². The fourth-order valence-corrected chi connectivity index (χ4v) is 4.15. The van der Waals surface area contributed by atoms with Crippen molar-refractivity contribution in [1.82, 2.24) is 4.90 Å². The molecule has 144 valence electrons. The normalized spacial score (nSPS) is 15.9. The second-order valence-corrected chi connectivity index (χ2v) is 8.13. The number of fused-ring (bicyclic) bond motifs is 2. The molecule has 0 bridgehead atoms. The summed E-state index contributed by atoms with van der Waals surface area (Å²) in [5, 5.41) is 0.785. The van der Waals surface area contributed by atoms with Crippen LogP contribution in [-0.2, 0) is 6.54 Å². The zero-order valence-corrected chi connectivity index (χ0v) is 17.2. The van der Waals surface area contributed by atoms with Gasteiger partial charge in [0, 0.05) is 9.50 Å². The summed E-state index contributed by atoms with van der Waals surface area (Å²) in [6.07, 6.45) is 1.55. The van der Waals surface area contributed by atoms with Crippen molar-refractivity contribution in [3.63, 3.8) is 0 Å². The lowest BCUT2D eigenvalue weighted by molar-refractivity contribution is 0.0701. The monoisotopic (exact) mass is 469 g/mol. The number of furan rings is 1. The Morgan fingerprint density at radius 3 is 2.59 bits per heavy atom. The lowest BCUT2D eigenvalue weighted by Crippen LogP contribution is -2.29. The van der Waals surface area contributed by atoms with Crippen molar-refractivity contribution in [3.8, 4) is 0 Å². The fraction of sp³-hybridized carbons (Fsp3) is 0.0909. The Bertz CT molecular complexity index is 1300. The molecule has 29 heavy (non-hydrogen) atoms. The summed E-state index contributed by atoms with van der Waals surface area (Å²) >= 11 is 9.51. The summed E-state index contributed by atoms with van der Waals surface area (Å²) in [4.78, 5) is 28.2. The van der Waals surface area contributed by atoms with E-state index < -0.39 is 6.04 Å². The van der Waals surface area contributed by atoms with Crippen LogP contribution in [0.5, 0.6) is 0 Å². The zero-order valence-electron chi connectivity index (χ0n) is 14.9. The van der Waals surface area contributed by atoms with Gasteiger partial charge in [0.2, 0.25) is 5.76 Å². The van der Waals surface area contributed by atoms with Crippen molar-refractivity contribution in [2.45, 2.75) is 12.6 Å². The zero-order chi connectivity index (χ0) is 20.1. The maximum Gasteiger partial charge on any atom is 0.291 e. The van der Waals surface area contributed by atoms with Crippen molar-refractivity contribution < 1.29 is 13.6 Å². The Hall–Kier alpha value is -2.83. The van der Waals surface area contributed by atoms with Crippen molar-refractivity contribution in [2.75, 3.05) is 0 Å². The molecule has 4 aromatic rings. The molecule has 0 unspecified atom stereocenters. The van der Waals surface area contributed by atoms with Gasteiger partial charge in [-0.05, 0) is 48.0 Å². The molecule has 0 saturated carbocycles. The highest BCUT2D eigenvalue weighted by atomic mass is 79.9. The average molecular weight is 471 g/mol. The molecule has 7 heteroatoms. The van der Waals surface area contributed by atoms with Crippen LogP contribution in [0.15, 0.2) is 79.0 Å². The third kappa shape index (κ3) is 2.99. The largest absolute Gasteiger partial charge is 0.467 e. The van der Waals surface area contributed by atoms with Crippen LogP contribution >= 0.6 is 27.5 Å². The standard InChI is InChI=1S/C22H13BrClNO4/c23-13-5-3-12(4-6-13)19-18-20(26)16-10-14(24)7-8-17(16)29-21(18)22(27)25(19)11-15-2-1-9-28-15/h1-10,19H,11H2/t19-/m0/s1. The summed E-state index contributed by atoms with van der Waals surface area (Å²) in [6.45, 7) is 0.216. The molecule has 0 aliphatic carbocycles. The highest BCUT2D eigenvalue weighted by Crippen LogP contribution is 2.39. The molecule has 1 atom stereocenters. The van der Waals surface area contributed by atoms with E-state index in [1.807, 2.05) is 24.3 Å². The van der Waals surface area contributed by atoms with Gasteiger partial charge in [-0.1, -0.05) is 39.7 Å². The summed E-state index contributed by atoms with van der Waals surface area (Å²) in [5.74, 6) is 0.330. The van der Waals surface area contributed by atoms with Gasteiger partial charge in [0.15, 0.2) is 5.43 Å². The summed E-state index contributed by atoms with van der Waals surface area (Å²) in [5.41, 5.74) is 1.20. The third-order valence-electron chi connectivity index (χ3n) is 5.02. The molecule has 2 aromatic carbocycles. The van der Waals surface area contributed by atoms with E-state index in [1.165, 1.54) is 0 Å². The smallest absolute Gasteiger partial charge is 0.291 e. The van der Waals surface area contributed by atoms with Crippen LogP contribution in [0.2, 0.25) is 5.02 Å². The number of carbonyl (C=O) groups is 1. The minimum Gasteiger partial charge on any atom is -0.467 e. The molecule has 5 nitrogen and oxygen atoms in total. The molecular weight excluding hydrogens is 458 g/mol. The van der Waals surface area contributed by atoms with Gasteiger partial charge in [-0.2, -0.15) is 0 Å². The summed E-state index contributed by atoms with van der Waals surface area (Å²) in [7, 11) is 0. The van der Waals surface area contributed by atoms with E-state index in [2.05, 4.69) is 15.9 Å². The van der Waals surface area contributed by atoms with E-state index in [4.69, 9.17) is 20.4 Å². The lowest BCUT2D eigenvalue weighted by Gasteiger charge is -2.24. The molecule has 1 aliphatic rings. The molecule has 0 fully saturated rings. The van der Waals surface area contributed by atoms with Gasteiger partial charge < -0.3 is 13.7 Å². The van der Waals surface area contributed by atoms with Crippen molar-refractivity contribution in [2.24, 2.45) is 0 Å². The Kier molecular flexibility index (Phi) is 4.33. The first kappa shape index (κ1) is 18.2. The minimum atomic E-state index is -0.588. The van der Waals surface area contributed by atoms with Gasteiger partial charge in [-0.15, -0.1) is 0 Å². The average Bonchev–Trinajstić information content (AvgIpc) is 3.32. The van der Waals surface area contributed by atoms with Crippen LogP contribution < -0.4 is 5.43 Å². The van der Waals surface area contributed by atoms with E-state index in [0.717, 1.165) is 10.0 Å². The number of hydrogen-bond donors (Lipinski definition) is 0. The number of amides is 1. The molecule has 0 saturated heterocycles. The summed E-state index contributed by atoms with van der Waals surface area (Å²) < 4.78 is 12.2. The minimum absolute atomic E-state index is 0.0595. The topological polar surface area (TPSA) is 63.7 Å². The van der Waals surface area contributed by atoms with Crippen LogP contribution in [-0.4, -0.2) is 10.8 Å². The molecule has 1 aliphatic heterocycles. The van der Waals surface area contributed by atoms with Gasteiger partial charge >= 0.3 is 0 Å². The predicted molar refractivity (Wildman–Crippen MR) is 112 cm³/mol. The Labute approximate surface area is 178 Å².